The molecule has 2 fully saturated rings. The van der Waals surface area contributed by atoms with Gasteiger partial charge in [0.1, 0.15) is 12.6 Å². The van der Waals surface area contributed by atoms with E-state index in [1.807, 2.05) is 0 Å². The molecule has 0 bridgehead atoms. The molecular weight excluding hydrogens is 430 g/mol. The van der Waals surface area contributed by atoms with Gasteiger partial charge in [0.2, 0.25) is 0 Å². The van der Waals surface area contributed by atoms with Crippen molar-refractivity contribution in [3.8, 4) is 0 Å². The number of piperidine rings is 1. The van der Waals surface area contributed by atoms with Crippen LogP contribution in [0, 0.1) is 11.8 Å². The molecule has 0 amide bonds. The molecule has 3 unspecified atom stereocenters. The van der Waals surface area contributed by atoms with Gasteiger partial charge in [0, 0.05) is 25.6 Å². The van der Waals surface area contributed by atoms with Gasteiger partial charge in [-0.1, -0.05) is 114 Å². The van der Waals surface area contributed by atoms with E-state index in [-0.39, 0.29) is 0 Å². The molecule has 1 heterocycles. The fraction of sp³-hybridized carbons (Fsp3) is 0.812. The van der Waals surface area contributed by atoms with Crippen LogP contribution in [-0.2, 0) is 16.1 Å². The Morgan fingerprint density at radius 1 is 0.714 bits per heavy atom. The molecule has 4 atom stereocenters. The van der Waals surface area contributed by atoms with Gasteiger partial charge in [0.05, 0.1) is 12.6 Å². The molecule has 2 aliphatic rings. The molecule has 0 spiro atoms. The molecule has 200 valence electrons. The van der Waals surface area contributed by atoms with Gasteiger partial charge in [-0.3, -0.25) is 0 Å². The molecule has 3 rings (SSSR count). The zero-order chi connectivity index (χ0) is 24.4. The van der Waals surface area contributed by atoms with Crippen LogP contribution in [-0.4, -0.2) is 31.9 Å². The van der Waals surface area contributed by atoms with Crippen molar-refractivity contribution in [2.75, 3.05) is 19.8 Å². The maximum atomic E-state index is 6.16. The van der Waals surface area contributed by atoms with Crippen LogP contribution in [0.2, 0.25) is 0 Å². The quantitative estimate of drug-likeness (QED) is 0.183. The van der Waals surface area contributed by atoms with E-state index in [1.54, 1.807) is 0 Å². The summed E-state index contributed by atoms with van der Waals surface area (Å²) in [6, 6.07) is 11.4. The molecule has 1 aromatic rings. The Hall–Kier alpha value is -0.900. The zero-order valence-corrected chi connectivity index (χ0v) is 22.9. The Morgan fingerprint density at radius 3 is 1.77 bits per heavy atom. The number of hydrogen-bond acceptors (Lipinski definition) is 2. The van der Waals surface area contributed by atoms with Crippen LogP contribution >= 0.6 is 0 Å². The smallest absolute Gasteiger partial charge is 0.106 e. The lowest BCUT2D eigenvalue weighted by Gasteiger charge is -2.27. The average Bonchev–Trinajstić information content (AvgIpc) is 3.62. The molecule has 1 aliphatic heterocycles. The molecule has 1 saturated carbocycles. The monoisotopic (exact) mass is 486 g/mol. The predicted octanol–water partition coefficient (Wildman–Crippen LogP) is 7.43. The van der Waals surface area contributed by atoms with Crippen molar-refractivity contribution in [1.29, 1.82) is 0 Å². The van der Waals surface area contributed by atoms with Crippen LogP contribution < -0.4 is 5.32 Å². The van der Waals surface area contributed by atoms with Crippen molar-refractivity contribution in [1.82, 2.24) is 0 Å². The summed E-state index contributed by atoms with van der Waals surface area (Å²) in [6.07, 6.45) is 24.0. The molecule has 1 aromatic carbocycles. The Labute approximate surface area is 217 Å². The molecule has 3 heteroatoms. The summed E-state index contributed by atoms with van der Waals surface area (Å²) in [5.41, 5.74) is 1.28. The van der Waals surface area contributed by atoms with Gasteiger partial charge in [-0.15, -0.1) is 0 Å². The van der Waals surface area contributed by atoms with Crippen molar-refractivity contribution in [3.63, 3.8) is 0 Å². The second kappa shape index (κ2) is 18.4. The van der Waals surface area contributed by atoms with Gasteiger partial charge in [0.25, 0.3) is 0 Å². The summed E-state index contributed by atoms with van der Waals surface area (Å²) < 4.78 is 11.9. The minimum atomic E-state index is 0.527. The molecule has 35 heavy (non-hydrogen) atoms. The first-order valence-electron chi connectivity index (χ1n) is 15.4. The van der Waals surface area contributed by atoms with E-state index in [0.717, 1.165) is 37.7 Å². The van der Waals surface area contributed by atoms with Gasteiger partial charge >= 0.3 is 0 Å². The first-order valence-corrected chi connectivity index (χ1v) is 15.4. The lowest BCUT2D eigenvalue weighted by atomic mass is 9.98. The van der Waals surface area contributed by atoms with Gasteiger partial charge in [-0.2, -0.15) is 0 Å². The SMILES string of the molecule is CC1C[C@@H]1C1CCC(OCCCCCCCCCCCCCCCCOCc2ccccc2)C[NH2+]1. The molecule has 0 radical (unpaired) electrons. The van der Waals surface area contributed by atoms with Crippen molar-refractivity contribution in [2.45, 2.75) is 135 Å². The van der Waals surface area contributed by atoms with Gasteiger partial charge in [-0.25, -0.2) is 0 Å². The number of benzene rings is 1. The summed E-state index contributed by atoms with van der Waals surface area (Å²) in [5, 5.41) is 2.59. The summed E-state index contributed by atoms with van der Waals surface area (Å²) in [6.45, 7) is 6.27. The minimum absolute atomic E-state index is 0.527. The lowest BCUT2D eigenvalue weighted by molar-refractivity contribution is -0.707. The fourth-order valence-electron chi connectivity index (χ4n) is 5.87. The van der Waals surface area contributed by atoms with Gasteiger partial charge in [-0.05, 0) is 37.2 Å². The second-order valence-electron chi connectivity index (χ2n) is 11.6. The van der Waals surface area contributed by atoms with Crippen LogP contribution in [0.25, 0.3) is 0 Å². The number of rotatable bonds is 21. The van der Waals surface area contributed by atoms with E-state index in [4.69, 9.17) is 9.47 Å². The fourth-order valence-corrected chi connectivity index (χ4v) is 5.87. The van der Waals surface area contributed by atoms with Crippen LogP contribution in [0.4, 0.5) is 0 Å². The van der Waals surface area contributed by atoms with E-state index in [1.165, 1.54) is 121 Å². The molecule has 1 aliphatic carbocycles. The number of quaternary nitrogens is 1. The van der Waals surface area contributed by atoms with E-state index in [2.05, 4.69) is 42.6 Å². The first-order chi connectivity index (χ1) is 17.3. The third kappa shape index (κ3) is 13.3. The molecular formula is C32H56NO2+. The third-order valence-electron chi connectivity index (χ3n) is 8.39. The summed E-state index contributed by atoms with van der Waals surface area (Å²) >= 11 is 0. The van der Waals surface area contributed by atoms with E-state index < -0.39 is 0 Å². The molecule has 3 nitrogen and oxygen atoms in total. The number of unbranched alkanes of at least 4 members (excludes halogenated alkanes) is 13. The Bertz CT molecular complexity index is 613. The Morgan fingerprint density at radius 2 is 1.26 bits per heavy atom. The molecule has 0 aromatic heterocycles. The largest absolute Gasteiger partial charge is 0.377 e. The molecule has 1 saturated heterocycles. The third-order valence-corrected chi connectivity index (χ3v) is 8.39. The Kier molecular flexibility index (Phi) is 15.0. The summed E-state index contributed by atoms with van der Waals surface area (Å²) in [7, 11) is 0. The number of nitrogens with two attached hydrogens (primary N) is 1. The lowest BCUT2D eigenvalue weighted by Crippen LogP contribution is -2.94. The number of ether oxygens (including phenoxy) is 2. The normalized spacial score (nSPS) is 24.0. The van der Waals surface area contributed by atoms with Crippen molar-refractivity contribution in [3.05, 3.63) is 35.9 Å². The van der Waals surface area contributed by atoms with E-state index in [0.29, 0.717) is 6.10 Å². The standard InChI is InChI=1S/C32H55NO2/c1-28-25-31(28)32-22-21-30(26-33-32)35-24-18-13-11-9-7-5-3-2-4-6-8-10-12-17-23-34-27-29-19-15-14-16-20-29/h14-16,19-20,28,30-33H,2-13,17-18,21-27H2,1H3/p+1/t28?,30?,31-,32?/m0/s1. The first kappa shape index (κ1) is 28.7. The van der Waals surface area contributed by atoms with Crippen LogP contribution in [0.3, 0.4) is 0 Å². The van der Waals surface area contributed by atoms with Gasteiger partial charge < -0.3 is 14.8 Å². The number of hydrogen-bond donors (Lipinski definition) is 1. The Balaban J connectivity index is 0.961. The predicted molar refractivity (Wildman–Crippen MR) is 148 cm³/mol. The topological polar surface area (TPSA) is 35.1 Å². The van der Waals surface area contributed by atoms with Crippen LogP contribution in [0.1, 0.15) is 122 Å². The highest BCUT2D eigenvalue weighted by molar-refractivity contribution is 5.13. The maximum Gasteiger partial charge on any atom is 0.106 e. The van der Waals surface area contributed by atoms with E-state index >= 15 is 0 Å². The van der Waals surface area contributed by atoms with Crippen LogP contribution in [0.5, 0.6) is 0 Å². The molecule has 2 N–H and O–H groups in total. The summed E-state index contributed by atoms with van der Waals surface area (Å²) in [4.78, 5) is 0. The summed E-state index contributed by atoms with van der Waals surface area (Å²) in [5.74, 6) is 2.01. The van der Waals surface area contributed by atoms with Gasteiger partial charge in [0.15, 0.2) is 0 Å². The van der Waals surface area contributed by atoms with Crippen molar-refractivity contribution >= 4 is 0 Å². The maximum absolute atomic E-state index is 6.16. The zero-order valence-electron chi connectivity index (χ0n) is 22.9. The highest BCUT2D eigenvalue weighted by Gasteiger charge is 2.43. The minimum Gasteiger partial charge on any atom is -0.377 e. The van der Waals surface area contributed by atoms with E-state index in [9.17, 15) is 0 Å². The van der Waals surface area contributed by atoms with Crippen molar-refractivity contribution in [2.24, 2.45) is 11.8 Å². The average molecular weight is 487 g/mol. The highest BCUT2D eigenvalue weighted by atomic mass is 16.5. The van der Waals surface area contributed by atoms with Crippen LogP contribution in [0.15, 0.2) is 30.3 Å². The van der Waals surface area contributed by atoms with Crippen molar-refractivity contribution < 1.29 is 14.8 Å². The highest BCUT2D eigenvalue weighted by Crippen LogP contribution is 2.41. The second-order valence-corrected chi connectivity index (χ2v) is 11.6.